The summed E-state index contributed by atoms with van der Waals surface area (Å²) in [5.74, 6) is -1.68. The lowest BCUT2D eigenvalue weighted by atomic mass is 10.1. The van der Waals surface area contributed by atoms with Crippen molar-refractivity contribution in [2.24, 2.45) is 5.28 Å². The van der Waals surface area contributed by atoms with Gasteiger partial charge in [0.05, 0.1) is 27.3 Å². The molecule has 13 nitrogen and oxygen atoms in total. The molecule has 2 aromatic carbocycles. The molecule has 3 aromatic rings. The fourth-order valence-electron chi connectivity index (χ4n) is 3.69. The van der Waals surface area contributed by atoms with E-state index in [2.05, 4.69) is 10.4 Å². The molecule has 1 atom stereocenters. The minimum Gasteiger partial charge on any atom is -0.569 e. The third-order valence-electron chi connectivity index (χ3n) is 5.96. The van der Waals surface area contributed by atoms with E-state index in [0.29, 0.717) is 5.56 Å². The lowest BCUT2D eigenvalue weighted by molar-refractivity contribution is -0.717. The summed E-state index contributed by atoms with van der Waals surface area (Å²) in [6, 6.07) is 11.7. The number of aryl methyl sites for hydroxylation is 1. The molecule has 0 saturated heterocycles. The smallest absolute Gasteiger partial charge is 0.435 e. The van der Waals surface area contributed by atoms with Crippen LogP contribution in [0.4, 0.5) is 13.2 Å². The van der Waals surface area contributed by atoms with Gasteiger partial charge < -0.3 is 9.94 Å². The molecule has 1 N–H and O–H groups in total. The monoisotopic (exact) mass is 640 g/mol. The summed E-state index contributed by atoms with van der Waals surface area (Å²) in [5.41, 5.74) is 0.490. The van der Waals surface area contributed by atoms with E-state index in [1.165, 1.54) is 32.9 Å². The highest BCUT2D eigenvalue weighted by atomic mass is 32.2. The third-order valence-corrected chi connectivity index (χ3v) is 7.35. The van der Waals surface area contributed by atoms with Gasteiger partial charge in [0.2, 0.25) is 5.28 Å². The van der Waals surface area contributed by atoms with Crippen LogP contribution in [0.5, 0.6) is 0 Å². The fraction of sp³-hybridized carbons (Fsp3) is 0.370. The Bertz CT molecular complexity index is 1610. The number of carbonyl (C=O) groups is 2. The minimum absolute atomic E-state index is 0.0704. The van der Waals surface area contributed by atoms with Crippen molar-refractivity contribution in [1.29, 1.82) is 0 Å². The Morgan fingerprint density at radius 2 is 1.73 bits per heavy atom. The maximum absolute atomic E-state index is 13.5. The number of hydrogen-bond donors (Lipinski definition) is 1. The molecule has 0 spiro atoms. The van der Waals surface area contributed by atoms with Crippen molar-refractivity contribution in [3.05, 3.63) is 71.1 Å². The highest BCUT2D eigenvalue weighted by Crippen LogP contribution is 2.33. The van der Waals surface area contributed by atoms with Crippen LogP contribution < -0.4 is 4.72 Å². The molecule has 0 aliphatic carbocycles. The predicted molar refractivity (Wildman–Crippen MR) is 149 cm³/mol. The molecule has 0 saturated carbocycles. The van der Waals surface area contributed by atoms with Crippen LogP contribution in [0.25, 0.3) is 16.9 Å². The number of halogens is 3. The summed E-state index contributed by atoms with van der Waals surface area (Å²) in [6.45, 7) is 7.03. The van der Waals surface area contributed by atoms with E-state index in [-0.39, 0.29) is 27.7 Å². The first-order chi connectivity index (χ1) is 20.5. The molecule has 0 bridgehead atoms. The van der Waals surface area contributed by atoms with Gasteiger partial charge in [0.1, 0.15) is 0 Å². The van der Waals surface area contributed by atoms with Crippen LogP contribution in [0.2, 0.25) is 0 Å². The number of nitrogens with zero attached hydrogens (tertiary/aromatic N) is 5. The van der Waals surface area contributed by atoms with Crippen molar-refractivity contribution < 1.29 is 45.7 Å². The van der Waals surface area contributed by atoms with Gasteiger partial charge >= 0.3 is 12.1 Å². The van der Waals surface area contributed by atoms with E-state index >= 15 is 0 Å². The van der Waals surface area contributed by atoms with Crippen molar-refractivity contribution in [2.75, 3.05) is 6.54 Å². The number of hydrogen-bond acceptors (Lipinski definition) is 9. The molecule has 1 unspecified atom stereocenters. The van der Waals surface area contributed by atoms with Crippen LogP contribution >= 0.6 is 0 Å². The van der Waals surface area contributed by atoms with Gasteiger partial charge in [0.15, 0.2) is 12.2 Å². The average Bonchev–Trinajstić information content (AvgIpc) is 3.41. The van der Waals surface area contributed by atoms with Crippen molar-refractivity contribution >= 4 is 21.9 Å². The number of sulfonamides is 1. The van der Waals surface area contributed by atoms with Crippen molar-refractivity contribution in [2.45, 2.75) is 64.4 Å². The fourth-order valence-corrected chi connectivity index (χ4v) is 4.66. The summed E-state index contributed by atoms with van der Waals surface area (Å²) < 4.78 is 74.0. The zero-order valence-electron chi connectivity index (χ0n) is 24.4. The normalized spacial score (nSPS) is 13.0. The summed E-state index contributed by atoms with van der Waals surface area (Å²) in [7, 11) is -4.46. The third kappa shape index (κ3) is 8.68. The molecule has 3 rings (SSSR count). The van der Waals surface area contributed by atoms with Crippen LogP contribution in [-0.2, 0) is 35.4 Å². The second-order valence-electron chi connectivity index (χ2n) is 9.76. The molecule has 44 heavy (non-hydrogen) atoms. The van der Waals surface area contributed by atoms with Crippen molar-refractivity contribution in [1.82, 2.24) is 19.5 Å². The average molecular weight is 641 g/mol. The second-order valence-corrected chi connectivity index (χ2v) is 11.4. The van der Waals surface area contributed by atoms with Gasteiger partial charge in [0.25, 0.3) is 22.2 Å². The Morgan fingerprint density at radius 3 is 2.27 bits per heavy atom. The van der Waals surface area contributed by atoms with Crippen LogP contribution in [-0.4, -0.2) is 58.9 Å². The summed E-state index contributed by atoms with van der Waals surface area (Å²) in [6.07, 6.45) is -5.85. The number of aromatic nitrogens is 2. The highest BCUT2D eigenvalue weighted by Gasteiger charge is 2.35. The molecule has 0 radical (unpaired) electrons. The molecular weight excluding hydrogens is 609 g/mol. The quantitative estimate of drug-likeness (QED) is 0.0990. The number of carbonyl (C=O) groups excluding carboxylic acids is 2. The maximum atomic E-state index is 13.5. The van der Waals surface area contributed by atoms with Crippen LogP contribution in [0.15, 0.2) is 64.8 Å². The van der Waals surface area contributed by atoms with Gasteiger partial charge in [-0.15, -0.1) is 5.01 Å². The molecule has 1 amide bonds. The van der Waals surface area contributed by atoms with E-state index in [1.54, 1.807) is 31.2 Å². The lowest BCUT2D eigenvalue weighted by Gasteiger charge is -2.21. The number of benzene rings is 2. The van der Waals surface area contributed by atoms with Gasteiger partial charge in [-0.25, -0.2) is 17.8 Å². The number of rotatable bonds is 12. The molecule has 1 aromatic heterocycles. The Morgan fingerprint density at radius 1 is 1.11 bits per heavy atom. The molecule has 238 valence electrons. The summed E-state index contributed by atoms with van der Waals surface area (Å²) in [4.78, 5) is 28.3. The number of esters is 1. The minimum atomic E-state index is -4.72. The standard InChI is InChI=1S/C27H31F3N6O7S/c1-6-26(38)42-19(5)43-33-36(39)34(17(2)3)16-25(37)32-44(40,41)22-13-11-21(12-14-22)35-23(15-24(31-35)27(28,29)30)20-9-7-18(4)8-10-20/h7-15,17,19H,6,16H2,1-5H3,(H,32,37). The first-order valence-electron chi connectivity index (χ1n) is 13.2. The second kappa shape index (κ2) is 13.7. The van der Waals surface area contributed by atoms with Crippen molar-refractivity contribution in [3.8, 4) is 16.9 Å². The molecule has 0 aliphatic rings. The highest BCUT2D eigenvalue weighted by molar-refractivity contribution is 7.90. The van der Waals surface area contributed by atoms with E-state index in [9.17, 15) is 36.4 Å². The first-order valence-corrected chi connectivity index (χ1v) is 14.7. The van der Waals surface area contributed by atoms with Gasteiger partial charge in [-0.2, -0.15) is 18.3 Å². The SMILES string of the molecule is CCC(=O)OC(C)ON=[N+]([O-])N(CC(=O)NS(=O)(=O)c1ccc(-n2nc(C(F)(F)F)cc2-c2ccc(C)cc2)cc1)C(C)C. The number of ether oxygens (including phenoxy) is 1. The lowest BCUT2D eigenvalue weighted by Crippen LogP contribution is -2.45. The number of alkyl halides is 3. The molecular formula is C27H31F3N6O7S. The predicted octanol–water partition coefficient (Wildman–Crippen LogP) is 4.49. The van der Waals surface area contributed by atoms with Crippen LogP contribution in [0.1, 0.15) is 45.4 Å². The van der Waals surface area contributed by atoms with E-state index in [1.807, 2.05) is 11.6 Å². The van der Waals surface area contributed by atoms with Gasteiger partial charge in [0, 0.05) is 18.9 Å². The molecule has 0 fully saturated rings. The van der Waals surface area contributed by atoms with E-state index in [0.717, 1.165) is 33.5 Å². The Balaban J connectivity index is 1.78. The van der Waals surface area contributed by atoms with Gasteiger partial charge in [-0.05, 0) is 51.1 Å². The van der Waals surface area contributed by atoms with Gasteiger partial charge in [-0.1, -0.05) is 36.8 Å². The topological polar surface area (TPSA) is 158 Å². The Labute approximate surface area is 251 Å². The van der Waals surface area contributed by atoms with E-state index < -0.39 is 52.6 Å². The van der Waals surface area contributed by atoms with E-state index in [4.69, 9.17) is 9.57 Å². The molecule has 1 heterocycles. The zero-order valence-corrected chi connectivity index (χ0v) is 25.2. The van der Waals surface area contributed by atoms with Crippen molar-refractivity contribution in [3.63, 3.8) is 0 Å². The number of hydrazine groups is 1. The Kier molecular flexibility index (Phi) is 10.6. The largest absolute Gasteiger partial charge is 0.569 e. The number of amides is 1. The van der Waals surface area contributed by atoms with Gasteiger partial charge in [-0.3, -0.25) is 14.4 Å². The summed E-state index contributed by atoms with van der Waals surface area (Å²) >= 11 is 0. The Hall–Kier alpha value is -4.67. The van der Waals surface area contributed by atoms with Crippen LogP contribution in [0.3, 0.4) is 0 Å². The zero-order chi connectivity index (χ0) is 32.8. The first kappa shape index (κ1) is 33.8. The number of nitrogens with one attached hydrogen (secondary N) is 1. The van der Waals surface area contributed by atoms with Crippen LogP contribution in [0, 0.1) is 12.1 Å². The maximum Gasteiger partial charge on any atom is 0.435 e. The summed E-state index contributed by atoms with van der Waals surface area (Å²) in [5, 5.41) is 20.2. The molecule has 17 heteroatoms. The molecule has 0 aliphatic heterocycles.